The molecule has 0 aliphatic carbocycles. The summed E-state index contributed by atoms with van der Waals surface area (Å²) in [5.74, 6) is 0. The third kappa shape index (κ3) is 5.04. The minimum atomic E-state index is -4.24. The van der Waals surface area contributed by atoms with Gasteiger partial charge >= 0.3 is 29.6 Å². The standard InChI is InChI=1S/C18H24O3S.Na.H/c1-3-5-9-14-13-15-10-7-8-12-17(15)18(22(19,20)21)16(14)11-6-4-2;;/h7-8,10,12-13H,3-6,9,11H2,1-2H3,(H,19,20,21);;. The minimum absolute atomic E-state index is 0. The summed E-state index contributed by atoms with van der Waals surface area (Å²) in [5.41, 5.74) is 1.86. The van der Waals surface area contributed by atoms with E-state index in [0.717, 1.165) is 48.6 Å². The average molecular weight is 344 g/mol. The zero-order chi connectivity index (χ0) is 16.2. The summed E-state index contributed by atoms with van der Waals surface area (Å²) in [6.07, 6.45) is 5.52. The number of fused-ring (bicyclic) bond motifs is 1. The van der Waals surface area contributed by atoms with Crippen molar-refractivity contribution >= 4 is 50.4 Å². The first-order valence-electron chi connectivity index (χ1n) is 8.00. The van der Waals surface area contributed by atoms with Gasteiger partial charge in [0.2, 0.25) is 0 Å². The van der Waals surface area contributed by atoms with Gasteiger partial charge in [-0.05, 0) is 42.2 Å². The van der Waals surface area contributed by atoms with E-state index < -0.39 is 10.1 Å². The molecule has 2 aromatic carbocycles. The van der Waals surface area contributed by atoms with Crippen molar-refractivity contribution in [2.24, 2.45) is 0 Å². The molecule has 23 heavy (non-hydrogen) atoms. The molecule has 3 nitrogen and oxygen atoms in total. The third-order valence-electron chi connectivity index (χ3n) is 4.03. The maximum atomic E-state index is 12.0. The van der Waals surface area contributed by atoms with E-state index in [1.807, 2.05) is 18.2 Å². The molecular formula is C18H25NaO3S. The first kappa shape index (κ1) is 20.7. The van der Waals surface area contributed by atoms with Gasteiger partial charge in [-0.1, -0.05) is 57.0 Å². The molecule has 0 amide bonds. The van der Waals surface area contributed by atoms with Crippen LogP contribution < -0.4 is 0 Å². The first-order chi connectivity index (χ1) is 10.5. The van der Waals surface area contributed by atoms with E-state index in [9.17, 15) is 13.0 Å². The average Bonchev–Trinajstić information content (AvgIpc) is 2.48. The summed E-state index contributed by atoms with van der Waals surface area (Å²) in [7, 11) is -4.24. The van der Waals surface area contributed by atoms with E-state index in [0.29, 0.717) is 11.8 Å². The topological polar surface area (TPSA) is 54.4 Å². The Labute approximate surface area is 161 Å². The van der Waals surface area contributed by atoms with E-state index >= 15 is 0 Å². The Hall–Kier alpha value is -0.390. The molecule has 0 atom stereocenters. The number of aryl methyl sites for hydroxylation is 1. The van der Waals surface area contributed by atoms with Crippen LogP contribution in [0.25, 0.3) is 10.8 Å². The molecule has 0 spiro atoms. The molecule has 0 aromatic heterocycles. The Bertz CT molecular complexity index is 754. The molecule has 0 bridgehead atoms. The van der Waals surface area contributed by atoms with Gasteiger partial charge in [0.15, 0.2) is 0 Å². The van der Waals surface area contributed by atoms with Gasteiger partial charge in [0.25, 0.3) is 10.1 Å². The van der Waals surface area contributed by atoms with Crippen LogP contribution in [0.3, 0.4) is 0 Å². The number of benzene rings is 2. The fourth-order valence-corrected chi connectivity index (χ4v) is 3.93. The molecule has 0 fully saturated rings. The van der Waals surface area contributed by atoms with Crippen molar-refractivity contribution in [3.8, 4) is 0 Å². The van der Waals surface area contributed by atoms with E-state index in [1.165, 1.54) is 0 Å². The normalized spacial score (nSPS) is 11.4. The molecule has 0 saturated heterocycles. The SMILES string of the molecule is CCCCc1cc2ccccc2c(S(=O)(=O)O)c1CCCC.[NaH]. The molecule has 0 aliphatic rings. The molecule has 0 unspecified atom stereocenters. The summed E-state index contributed by atoms with van der Waals surface area (Å²) in [4.78, 5) is 0.116. The second-order valence-electron chi connectivity index (χ2n) is 5.75. The van der Waals surface area contributed by atoms with E-state index in [-0.39, 0.29) is 34.5 Å². The van der Waals surface area contributed by atoms with Crippen molar-refractivity contribution in [3.63, 3.8) is 0 Å². The molecule has 5 heteroatoms. The van der Waals surface area contributed by atoms with Crippen LogP contribution in [-0.4, -0.2) is 42.5 Å². The molecule has 1 N–H and O–H groups in total. The summed E-state index contributed by atoms with van der Waals surface area (Å²) in [5, 5.41) is 1.50. The predicted octanol–water partition coefficient (Wildman–Crippen LogP) is 4.12. The van der Waals surface area contributed by atoms with Gasteiger partial charge in [0.05, 0.1) is 0 Å². The second kappa shape index (κ2) is 9.19. The Morgan fingerprint density at radius 2 is 1.61 bits per heavy atom. The molecule has 2 aromatic rings. The first-order valence-corrected chi connectivity index (χ1v) is 9.44. The second-order valence-corrected chi connectivity index (χ2v) is 7.11. The molecule has 0 aliphatic heterocycles. The number of hydrogen-bond donors (Lipinski definition) is 1. The summed E-state index contributed by atoms with van der Waals surface area (Å²) in [6.45, 7) is 4.20. The van der Waals surface area contributed by atoms with Crippen molar-refractivity contribution < 1.29 is 13.0 Å². The monoisotopic (exact) mass is 344 g/mol. The van der Waals surface area contributed by atoms with Crippen LogP contribution >= 0.6 is 0 Å². The summed E-state index contributed by atoms with van der Waals surface area (Å²) < 4.78 is 33.8. The molecule has 0 radical (unpaired) electrons. The number of rotatable bonds is 7. The molecule has 2 rings (SSSR count). The molecule has 0 heterocycles. The fraction of sp³-hybridized carbons (Fsp3) is 0.444. The third-order valence-corrected chi connectivity index (χ3v) is 5.02. The van der Waals surface area contributed by atoms with Gasteiger partial charge in [0.1, 0.15) is 4.90 Å². The Morgan fingerprint density at radius 1 is 1.00 bits per heavy atom. The van der Waals surface area contributed by atoms with E-state index in [4.69, 9.17) is 0 Å². The van der Waals surface area contributed by atoms with Crippen LogP contribution in [0.15, 0.2) is 35.2 Å². The number of unbranched alkanes of at least 4 members (excludes halogenated alkanes) is 2. The van der Waals surface area contributed by atoms with E-state index in [1.54, 1.807) is 6.07 Å². The summed E-state index contributed by atoms with van der Waals surface area (Å²) >= 11 is 0. The molecular weight excluding hydrogens is 319 g/mol. The fourth-order valence-electron chi connectivity index (χ4n) is 2.93. The number of hydrogen-bond acceptors (Lipinski definition) is 2. The van der Waals surface area contributed by atoms with Crippen LogP contribution in [-0.2, 0) is 23.0 Å². The predicted molar refractivity (Wildman–Crippen MR) is 98.1 cm³/mol. The quantitative estimate of drug-likeness (QED) is 0.607. The summed E-state index contributed by atoms with van der Waals surface area (Å²) in [6, 6.07) is 9.48. The van der Waals surface area contributed by atoms with Gasteiger partial charge in [-0.15, -0.1) is 0 Å². The van der Waals surface area contributed by atoms with Crippen molar-refractivity contribution in [1.29, 1.82) is 0 Å². The van der Waals surface area contributed by atoms with Gasteiger partial charge in [-0.2, -0.15) is 8.42 Å². The van der Waals surface area contributed by atoms with Crippen LogP contribution in [0.2, 0.25) is 0 Å². The maximum absolute atomic E-state index is 12.0. The van der Waals surface area contributed by atoms with Gasteiger partial charge in [-0.25, -0.2) is 0 Å². The molecule has 122 valence electrons. The van der Waals surface area contributed by atoms with Crippen LogP contribution in [0.5, 0.6) is 0 Å². The van der Waals surface area contributed by atoms with Crippen molar-refractivity contribution in [2.75, 3.05) is 0 Å². The van der Waals surface area contributed by atoms with Gasteiger partial charge < -0.3 is 0 Å². The van der Waals surface area contributed by atoms with Gasteiger partial charge in [-0.3, -0.25) is 4.55 Å². The van der Waals surface area contributed by atoms with Crippen LogP contribution in [0.1, 0.15) is 50.7 Å². The Morgan fingerprint density at radius 3 is 2.22 bits per heavy atom. The zero-order valence-corrected chi connectivity index (χ0v) is 14.1. The zero-order valence-electron chi connectivity index (χ0n) is 13.3. The Balaban J connectivity index is 0.00000264. The van der Waals surface area contributed by atoms with Crippen LogP contribution in [0, 0.1) is 0 Å². The molecule has 0 saturated carbocycles. The Kier molecular flexibility index (Phi) is 8.25. The van der Waals surface area contributed by atoms with E-state index in [2.05, 4.69) is 19.9 Å². The van der Waals surface area contributed by atoms with Crippen LogP contribution in [0.4, 0.5) is 0 Å². The van der Waals surface area contributed by atoms with Crippen molar-refractivity contribution in [3.05, 3.63) is 41.5 Å². The van der Waals surface area contributed by atoms with Crippen molar-refractivity contribution in [1.82, 2.24) is 0 Å². The van der Waals surface area contributed by atoms with Crippen molar-refractivity contribution in [2.45, 2.75) is 57.3 Å². The van der Waals surface area contributed by atoms with Gasteiger partial charge in [0, 0.05) is 5.39 Å².